The maximum atomic E-state index is 11.3. The highest BCUT2D eigenvalue weighted by atomic mass is 16.5. The lowest BCUT2D eigenvalue weighted by molar-refractivity contribution is 0.0644. The van der Waals surface area contributed by atoms with Crippen LogP contribution in [0.15, 0.2) is 12.1 Å². The summed E-state index contributed by atoms with van der Waals surface area (Å²) in [6.45, 7) is 2.42. The molecule has 0 heterocycles. The standard InChI is InChI=1S/C13H16O6/c1-3-19-7-10-8(6-18-2)4-5-9(12(14)15)11(10)13(16)17/h4-5H,3,6-7H2,1-2H3,(H,14,15)(H,16,17). The Hall–Kier alpha value is -1.92. The van der Waals surface area contributed by atoms with E-state index in [0.717, 1.165) is 0 Å². The van der Waals surface area contributed by atoms with E-state index in [1.807, 2.05) is 0 Å². The second-order valence-electron chi connectivity index (χ2n) is 3.81. The highest BCUT2D eigenvalue weighted by Gasteiger charge is 2.22. The number of hydrogen-bond acceptors (Lipinski definition) is 4. The summed E-state index contributed by atoms with van der Waals surface area (Å²) < 4.78 is 10.2. The third-order valence-electron chi connectivity index (χ3n) is 2.60. The molecule has 0 radical (unpaired) electrons. The zero-order valence-corrected chi connectivity index (χ0v) is 10.8. The Morgan fingerprint density at radius 1 is 1.16 bits per heavy atom. The molecule has 0 fully saturated rings. The van der Waals surface area contributed by atoms with Crippen LogP contribution in [0.1, 0.15) is 38.8 Å². The van der Waals surface area contributed by atoms with Crippen molar-refractivity contribution in [1.82, 2.24) is 0 Å². The van der Waals surface area contributed by atoms with Crippen molar-refractivity contribution in [2.45, 2.75) is 20.1 Å². The van der Waals surface area contributed by atoms with Crippen LogP contribution in [0.5, 0.6) is 0 Å². The van der Waals surface area contributed by atoms with Crippen LogP contribution >= 0.6 is 0 Å². The third kappa shape index (κ3) is 3.52. The molecule has 0 aliphatic rings. The largest absolute Gasteiger partial charge is 0.478 e. The van der Waals surface area contributed by atoms with Crippen molar-refractivity contribution >= 4 is 11.9 Å². The van der Waals surface area contributed by atoms with Gasteiger partial charge in [-0.15, -0.1) is 0 Å². The molecule has 0 aliphatic heterocycles. The number of carboxylic acids is 2. The topological polar surface area (TPSA) is 93.1 Å². The number of rotatable bonds is 7. The van der Waals surface area contributed by atoms with Crippen molar-refractivity contribution in [3.63, 3.8) is 0 Å². The summed E-state index contributed by atoms with van der Waals surface area (Å²) in [4.78, 5) is 22.4. The van der Waals surface area contributed by atoms with Gasteiger partial charge in [0.1, 0.15) is 0 Å². The summed E-state index contributed by atoms with van der Waals surface area (Å²) in [6, 6.07) is 2.82. The molecule has 0 unspecified atom stereocenters. The quantitative estimate of drug-likeness (QED) is 0.782. The van der Waals surface area contributed by atoms with Gasteiger partial charge in [-0.3, -0.25) is 0 Å². The minimum Gasteiger partial charge on any atom is -0.478 e. The first-order valence-corrected chi connectivity index (χ1v) is 5.70. The Balaban J connectivity index is 3.41. The van der Waals surface area contributed by atoms with Crippen LogP contribution in [-0.4, -0.2) is 35.9 Å². The molecule has 6 nitrogen and oxygen atoms in total. The SMILES string of the molecule is CCOCc1c(COC)ccc(C(=O)O)c1C(=O)O. The fourth-order valence-electron chi connectivity index (χ4n) is 1.77. The number of aromatic carboxylic acids is 2. The van der Waals surface area contributed by atoms with Crippen LogP contribution in [-0.2, 0) is 22.7 Å². The van der Waals surface area contributed by atoms with Crippen molar-refractivity contribution in [2.75, 3.05) is 13.7 Å². The molecule has 1 aromatic carbocycles. The molecule has 0 atom stereocenters. The smallest absolute Gasteiger partial charge is 0.336 e. The van der Waals surface area contributed by atoms with Crippen molar-refractivity contribution in [3.05, 3.63) is 34.4 Å². The first-order chi connectivity index (χ1) is 9.02. The number of hydrogen-bond donors (Lipinski definition) is 2. The van der Waals surface area contributed by atoms with Gasteiger partial charge in [-0.25, -0.2) is 9.59 Å². The summed E-state index contributed by atoms with van der Waals surface area (Å²) in [5.74, 6) is -2.57. The lowest BCUT2D eigenvalue weighted by Gasteiger charge is -2.14. The zero-order valence-electron chi connectivity index (χ0n) is 10.8. The van der Waals surface area contributed by atoms with E-state index in [4.69, 9.17) is 14.6 Å². The molecule has 0 aliphatic carbocycles. The predicted octanol–water partition coefficient (Wildman–Crippen LogP) is 1.77. The lowest BCUT2D eigenvalue weighted by Crippen LogP contribution is -2.15. The molecule has 0 saturated carbocycles. The number of benzene rings is 1. The van der Waals surface area contributed by atoms with Gasteiger partial charge in [-0.05, 0) is 24.1 Å². The molecule has 0 bridgehead atoms. The van der Waals surface area contributed by atoms with E-state index in [-0.39, 0.29) is 24.3 Å². The molecule has 6 heteroatoms. The minimum absolute atomic E-state index is 0.0396. The Kier molecular flexibility index (Phi) is 5.47. The predicted molar refractivity (Wildman–Crippen MR) is 66.4 cm³/mol. The monoisotopic (exact) mass is 268 g/mol. The van der Waals surface area contributed by atoms with E-state index >= 15 is 0 Å². The lowest BCUT2D eigenvalue weighted by atomic mass is 9.96. The highest BCUT2D eigenvalue weighted by molar-refractivity contribution is 6.03. The van der Waals surface area contributed by atoms with E-state index in [1.54, 1.807) is 13.0 Å². The summed E-state index contributed by atoms with van der Waals surface area (Å²) in [5.41, 5.74) is 0.465. The van der Waals surface area contributed by atoms with Crippen LogP contribution in [0.25, 0.3) is 0 Å². The first kappa shape index (κ1) is 15.1. The Labute approximate surface area is 110 Å². The van der Waals surface area contributed by atoms with Crippen molar-refractivity contribution in [2.24, 2.45) is 0 Å². The third-order valence-corrected chi connectivity index (χ3v) is 2.60. The normalized spacial score (nSPS) is 10.4. The number of carbonyl (C=O) groups is 2. The highest BCUT2D eigenvalue weighted by Crippen LogP contribution is 2.22. The van der Waals surface area contributed by atoms with E-state index < -0.39 is 11.9 Å². The maximum Gasteiger partial charge on any atom is 0.336 e. The van der Waals surface area contributed by atoms with Crippen molar-refractivity contribution in [3.8, 4) is 0 Å². The van der Waals surface area contributed by atoms with Crippen LogP contribution in [0.3, 0.4) is 0 Å². The first-order valence-electron chi connectivity index (χ1n) is 5.70. The van der Waals surface area contributed by atoms with Crippen molar-refractivity contribution in [1.29, 1.82) is 0 Å². The molecule has 104 valence electrons. The Bertz CT molecular complexity index is 480. The summed E-state index contributed by atoms with van der Waals surface area (Å²) in [5, 5.41) is 18.3. The molecule has 0 aromatic heterocycles. The molecule has 0 amide bonds. The average molecular weight is 268 g/mol. The maximum absolute atomic E-state index is 11.3. The summed E-state index contributed by atoms with van der Waals surface area (Å²) in [6.07, 6.45) is 0. The van der Waals surface area contributed by atoms with Gasteiger partial charge in [0.2, 0.25) is 0 Å². The van der Waals surface area contributed by atoms with E-state index in [2.05, 4.69) is 0 Å². The fourth-order valence-corrected chi connectivity index (χ4v) is 1.77. The van der Waals surface area contributed by atoms with Gasteiger partial charge >= 0.3 is 11.9 Å². The van der Waals surface area contributed by atoms with Gasteiger partial charge in [-0.2, -0.15) is 0 Å². The van der Waals surface area contributed by atoms with Crippen molar-refractivity contribution < 1.29 is 29.3 Å². The van der Waals surface area contributed by atoms with E-state index in [0.29, 0.717) is 17.7 Å². The van der Waals surface area contributed by atoms with Gasteiger partial charge < -0.3 is 19.7 Å². The molecule has 0 saturated heterocycles. The number of methoxy groups -OCH3 is 1. The van der Waals surface area contributed by atoms with Crippen LogP contribution in [0.4, 0.5) is 0 Å². The second-order valence-corrected chi connectivity index (χ2v) is 3.81. The number of carboxylic acid groups (broad SMARTS) is 2. The van der Waals surface area contributed by atoms with Crippen LogP contribution in [0.2, 0.25) is 0 Å². The second kappa shape index (κ2) is 6.86. The summed E-state index contributed by atoms with van der Waals surface area (Å²) in [7, 11) is 1.48. The molecule has 19 heavy (non-hydrogen) atoms. The molecule has 1 aromatic rings. The Morgan fingerprint density at radius 3 is 2.32 bits per heavy atom. The van der Waals surface area contributed by atoms with E-state index in [1.165, 1.54) is 13.2 Å². The van der Waals surface area contributed by atoms with Gasteiger partial charge in [0.25, 0.3) is 0 Å². The molecule has 1 rings (SSSR count). The molecular formula is C13H16O6. The molecule has 2 N–H and O–H groups in total. The van der Waals surface area contributed by atoms with E-state index in [9.17, 15) is 14.7 Å². The van der Waals surface area contributed by atoms with Crippen LogP contribution in [0, 0.1) is 0 Å². The average Bonchev–Trinajstić information content (AvgIpc) is 2.36. The van der Waals surface area contributed by atoms with Gasteiger partial charge in [0, 0.05) is 13.7 Å². The zero-order chi connectivity index (χ0) is 14.4. The molecular weight excluding hydrogens is 252 g/mol. The van der Waals surface area contributed by atoms with Gasteiger partial charge in [0.05, 0.1) is 24.3 Å². The Morgan fingerprint density at radius 2 is 1.84 bits per heavy atom. The summed E-state index contributed by atoms with van der Waals surface area (Å²) >= 11 is 0. The molecule has 0 spiro atoms. The van der Waals surface area contributed by atoms with Crippen LogP contribution < -0.4 is 0 Å². The van der Waals surface area contributed by atoms with Gasteiger partial charge in [0.15, 0.2) is 0 Å². The minimum atomic E-state index is -1.29. The number of ether oxygens (including phenoxy) is 2. The van der Waals surface area contributed by atoms with Gasteiger partial charge in [-0.1, -0.05) is 6.07 Å². The fraction of sp³-hybridized carbons (Fsp3) is 0.385.